The predicted molar refractivity (Wildman–Crippen MR) is 70.6 cm³/mol. The highest BCUT2D eigenvalue weighted by atomic mass is 35.5. The van der Waals surface area contributed by atoms with Crippen LogP contribution in [0.25, 0.3) is 11.1 Å². The fourth-order valence-electron chi connectivity index (χ4n) is 1.48. The van der Waals surface area contributed by atoms with Crippen molar-refractivity contribution in [1.29, 1.82) is 0 Å². The van der Waals surface area contributed by atoms with Gasteiger partial charge >= 0.3 is 0 Å². The van der Waals surface area contributed by atoms with Crippen LogP contribution in [0.2, 0.25) is 15.2 Å². The van der Waals surface area contributed by atoms with Crippen LogP contribution in [-0.4, -0.2) is 10.1 Å². The van der Waals surface area contributed by atoms with Gasteiger partial charge in [-0.15, -0.1) is 0 Å². The molecule has 0 bridgehead atoms. The van der Waals surface area contributed by atoms with Crippen molar-refractivity contribution in [2.45, 2.75) is 6.61 Å². The number of nitrogens with zero attached hydrogens (tertiary/aromatic N) is 1. The number of hydrogen-bond donors (Lipinski definition) is 1. The Morgan fingerprint density at radius 1 is 1.18 bits per heavy atom. The zero-order valence-electron chi connectivity index (χ0n) is 8.62. The Balaban J connectivity index is 2.57. The SMILES string of the molecule is OCc1cc(-c2cccc(Cl)c2Cl)cnc1Cl. The summed E-state index contributed by atoms with van der Waals surface area (Å²) in [5, 5.41) is 10.4. The molecule has 5 heteroatoms. The molecule has 1 aromatic heterocycles. The summed E-state index contributed by atoms with van der Waals surface area (Å²) < 4.78 is 0. The summed E-state index contributed by atoms with van der Waals surface area (Å²) in [5.74, 6) is 0. The number of halogens is 3. The highest BCUT2D eigenvalue weighted by molar-refractivity contribution is 6.43. The van der Waals surface area contributed by atoms with Gasteiger partial charge in [0, 0.05) is 22.9 Å². The van der Waals surface area contributed by atoms with Gasteiger partial charge in [-0.1, -0.05) is 46.9 Å². The van der Waals surface area contributed by atoms with E-state index in [0.717, 1.165) is 11.1 Å². The van der Waals surface area contributed by atoms with Crippen LogP contribution in [0.3, 0.4) is 0 Å². The second kappa shape index (κ2) is 5.23. The third-order valence-corrected chi connectivity index (χ3v) is 3.50. The Hall–Kier alpha value is -0.800. The molecule has 0 aliphatic carbocycles. The monoisotopic (exact) mass is 287 g/mol. The molecule has 2 nitrogen and oxygen atoms in total. The van der Waals surface area contributed by atoms with Crippen LogP contribution in [0, 0.1) is 0 Å². The maximum atomic E-state index is 9.13. The second-order valence-corrected chi connectivity index (χ2v) is 4.58. The summed E-state index contributed by atoms with van der Waals surface area (Å²) in [6.45, 7) is -0.169. The zero-order valence-corrected chi connectivity index (χ0v) is 10.9. The van der Waals surface area contributed by atoms with Crippen molar-refractivity contribution in [2.75, 3.05) is 0 Å². The predicted octanol–water partition coefficient (Wildman–Crippen LogP) is 4.20. The van der Waals surface area contributed by atoms with Crippen LogP contribution in [0.15, 0.2) is 30.5 Å². The molecule has 0 unspecified atom stereocenters. The molecule has 1 heterocycles. The molecular formula is C12H8Cl3NO. The number of rotatable bonds is 2. The topological polar surface area (TPSA) is 33.1 Å². The third kappa shape index (κ3) is 2.55. The van der Waals surface area contributed by atoms with E-state index < -0.39 is 0 Å². The molecule has 17 heavy (non-hydrogen) atoms. The van der Waals surface area contributed by atoms with Gasteiger partial charge in [0.2, 0.25) is 0 Å². The largest absolute Gasteiger partial charge is 0.392 e. The molecule has 0 saturated heterocycles. The Labute approximate surface area is 114 Å². The number of aromatic nitrogens is 1. The average Bonchev–Trinajstić information content (AvgIpc) is 2.34. The molecule has 1 aromatic carbocycles. The van der Waals surface area contributed by atoms with Crippen molar-refractivity contribution in [3.05, 3.63) is 51.2 Å². The quantitative estimate of drug-likeness (QED) is 0.840. The van der Waals surface area contributed by atoms with E-state index in [1.807, 2.05) is 6.07 Å². The number of aliphatic hydroxyl groups excluding tert-OH is 1. The summed E-state index contributed by atoms with van der Waals surface area (Å²) in [5.41, 5.74) is 2.09. The van der Waals surface area contributed by atoms with E-state index in [0.29, 0.717) is 15.6 Å². The van der Waals surface area contributed by atoms with Crippen LogP contribution < -0.4 is 0 Å². The van der Waals surface area contributed by atoms with E-state index in [2.05, 4.69) is 4.98 Å². The first kappa shape index (κ1) is 12.7. The minimum atomic E-state index is -0.169. The normalized spacial score (nSPS) is 10.6. The van der Waals surface area contributed by atoms with Crippen LogP contribution in [0.5, 0.6) is 0 Å². The molecule has 0 saturated carbocycles. The summed E-state index contributed by atoms with van der Waals surface area (Å²) in [7, 11) is 0. The first-order valence-electron chi connectivity index (χ1n) is 4.83. The second-order valence-electron chi connectivity index (χ2n) is 3.43. The molecule has 0 fully saturated rings. The van der Waals surface area contributed by atoms with E-state index in [1.165, 1.54) is 0 Å². The van der Waals surface area contributed by atoms with Gasteiger partial charge in [-0.25, -0.2) is 4.98 Å². The van der Waals surface area contributed by atoms with Gasteiger partial charge in [-0.2, -0.15) is 0 Å². The molecule has 0 aliphatic heterocycles. The molecule has 2 rings (SSSR count). The summed E-state index contributed by atoms with van der Waals surface area (Å²) in [6.07, 6.45) is 1.60. The van der Waals surface area contributed by atoms with Crippen molar-refractivity contribution in [3.63, 3.8) is 0 Å². The highest BCUT2D eigenvalue weighted by Gasteiger charge is 2.09. The van der Waals surface area contributed by atoms with Gasteiger partial charge < -0.3 is 5.11 Å². The first-order valence-corrected chi connectivity index (χ1v) is 5.96. The molecule has 0 amide bonds. The van der Waals surface area contributed by atoms with Crippen LogP contribution >= 0.6 is 34.8 Å². The number of hydrogen-bond acceptors (Lipinski definition) is 2. The Morgan fingerprint density at radius 2 is 1.94 bits per heavy atom. The summed E-state index contributed by atoms with van der Waals surface area (Å²) in [4.78, 5) is 4.00. The molecule has 0 aliphatic rings. The summed E-state index contributed by atoms with van der Waals surface area (Å²) >= 11 is 17.9. The van der Waals surface area contributed by atoms with Gasteiger partial charge in [-0.3, -0.25) is 0 Å². The van der Waals surface area contributed by atoms with E-state index in [1.54, 1.807) is 24.4 Å². The van der Waals surface area contributed by atoms with Gasteiger partial charge in [0.25, 0.3) is 0 Å². The standard InChI is InChI=1S/C12H8Cl3NO/c13-10-3-1-2-9(11(10)14)7-4-8(6-17)12(15)16-5-7/h1-5,17H,6H2. The fraction of sp³-hybridized carbons (Fsp3) is 0.0833. The Morgan fingerprint density at radius 3 is 2.65 bits per heavy atom. The number of pyridine rings is 1. The summed E-state index contributed by atoms with van der Waals surface area (Å²) in [6, 6.07) is 7.09. The van der Waals surface area contributed by atoms with Crippen LogP contribution in [0.4, 0.5) is 0 Å². The van der Waals surface area contributed by atoms with Crippen molar-refractivity contribution < 1.29 is 5.11 Å². The maximum absolute atomic E-state index is 9.13. The van der Waals surface area contributed by atoms with Crippen molar-refractivity contribution >= 4 is 34.8 Å². The lowest BCUT2D eigenvalue weighted by Crippen LogP contribution is -1.90. The Kier molecular flexibility index (Phi) is 3.89. The van der Waals surface area contributed by atoms with E-state index in [9.17, 15) is 0 Å². The molecule has 0 radical (unpaired) electrons. The van der Waals surface area contributed by atoms with Crippen molar-refractivity contribution in [3.8, 4) is 11.1 Å². The highest BCUT2D eigenvalue weighted by Crippen LogP contribution is 2.34. The number of benzene rings is 1. The van der Waals surface area contributed by atoms with Crippen molar-refractivity contribution in [2.24, 2.45) is 0 Å². The van der Waals surface area contributed by atoms with Crippen LogP contribution in [-0.2, 0) is 6.61 Å². The smallest absolute Gasteiger partial charge is 0.134 e. The van der Waals surface area contributed by atoms with Gasteiger partial charge in [-0.05, 0) is 12.1 Å². The van der Waals surface area contributed by atoms with Gasteiger partial charge in [0.05, 0.1) is 16.7 Å². The van der Waals surface area contributed by atoms with E-state index in [-0.39, 0.29) is 11.8 Å². The van der Waals surface area contributed by atoms with E-state index in [4.69, 9.17) is 39.9 Å². The maximum Gasteiger partial charge on any atom is 0.134 e. The lowest BCUT2D eigenvalue weighted by atomic mass is 10.1. The van der Waals surface area contributed by atoms with E-state index >= 15 is 0 Å². The molecule has 0 atom stereocenters. The minimum Gasteiger partial charge on any atom is -0.392 e. The third-order valence-electron chi connectivity index (χ3n) is 2.34. The molecular weight excluding hydrogens is 280 g/mol. The van der Waals surface area contributed by atoms with Crippen molar-refractivity contribution in [1.82, 2.24) is 4.98 Å². The zero-order chi connectivity index (χ0) is 12.4. The lowest BCUT2D eigenvalue weighted by molar-refractivity contribution is 0.281. The molecule has 1 N–H and O–H groups in total. The fourth-order valence-corrected chi connectivity index (χ4v) is 2.05. The molecule has 88 valence electrons. The van der Waals surface area contributed by atoms with Crippen LogP contribution in [0.1, 0.15) is 5.56 Å². The Bertz CT molecular complexity index is 557. The average molecular weight is 289 g/mol. The lowest BCUT2D eigenvalue weighted by Gasteiger charge is -2.07. The first-order chi connectivity index (χ1) is 8.13. The minimum absolute atomic E-state index is 0.169. The number of aliphatic hydroxyl groups is 1. The molecule has 2 aromatic rings. The van der Waals surface area contributed by atoms with Gasteiger partial charge in [0.15, 0.2) is 0 Å². The molecule has 0 spiro atoms. The van der Waals surface area contributed by atoms with Gasteiger partial charge in [0.1, 0.15) is 5.15 Å².